The zero-order valence-electron chi connectivity index (χ0n) is 16.1. The molecule has 1 atom stereocenters. The summed E-state index contributed by atoms with van der Waals surface area (Å²) >= 11 is 0. The average molecular weight is 383 g/mol. The quantitative estimate of drug-likeness (QED) is 0.815. The summed E-state index contributed by atoms with van der Waals surface area (Å²) in [6.45, 7) is 3.61. The number of morpholine rings is 1. The molecule has 0 radical (unpaired) electrons. The molecule has 2 aliphatic heterocycles. The van der Waals surface area contributed by atoms with E-state index >= 15 is 0 Å². The lowest BCUT2D eigenvalue weighted by Crippen LogP contribution is -2.61. The topological polar surface area (TPSA) is 75.9 Å². The van der Waals surface area contributed by atoms with Crippen LogP contribution in [0.5, 0.6) is 0 Å². The molecule has 1 aromatic carbocycles. The molecule has 3 heterocycles. The van der Waals surface area contributed by atoms with Gasteiger partial charge in [-0.3, -0.25) is 9.59 Å². The van der Waals surface area contributed by atoms with Crippen molar-refractivity contribution in [3.8, 4) is 0 Å². The van der Waals surface area contributed by atoms with Gasteiger partial charge >= 0.3 is 0 Å². The summed E-state index contributed by atoms with van der Waals surface area (Å²) in [7, 11) is 0. The number of nitrogens with zero attached hydrogens (tertiary/aromatic N) is 3. The van der Waals surface area contributed by atoms with Crippen LogP contribution < -0.4 is 4.90 Å². The van der Waals surface area contributed by atoms with E-state index < -0.39 is 5.60 Å². The smallest absolute Gasteiger partial charge is 0.292 e. The van der Waals surface area contributed by atoms with Crippen molar-refractivity contribution in [1.29, 1.82) is 0 Å². The third kappa shape index (κ3) is 3.42. The maximum Gasteiger partial charge on any atom is 0.292 e. The van der Waals surface area contributed by atoms with Crippen molar-refractivity contribution < 1.29 is 18.8 Å². The van der Waals surface area contributed by atoms with E-state index in [1.54, 1.807) is 15.9 Å². The maximum atomic E-state index is 13.5. The van der Waals surface area contributed by atoms with E-state index in [2.05, 4.69) is 5.16 Å². The first-order valence-corrected chi connectivity index (χ1v) is 9.89. The summed E-state index contributed by atoms with van der Waals surface area (Å²) in [5, 5.41) is 3.91. The fourth-order valence-electron chi connectivity index (χ4n) is 3.96. The lowest BCUT2D eigenvalue weighted by molar-refractivity contribution is -0.155. The molecule has 0 N–H and O–H groups in total. The van der Waals surface area contributed by atoms with E-state index in [4.69, 9.17) is 9.26 Å². The molecule has 0 aliphatic carbocycles. The number of aryl methyl sites for hydroxylation is 1. The third-order valence-electron chi connectivity index (χ3n) is 5.52. The summed E-state index contributed by atoms with van der Waals surface area (Å²) in [5.74, 6) is -0.0893. The highest BCUT2D eigenvalue weighted by molar-refractivity contribution is 6.01. The van der Waals surface area contributed by atoms with Gasteiger partial charge in [0.25, 0.3) is 11.8 Å². The molecule has 2 saturated heterocycles. The summed E-state index contributed by atoms with van der Waals surface area (Å²) < 4.78 is 11.3. The van der Waals surface area contributed by atoms with Gasteiger partial charge in [-0.05, 0) is 37.8 Å². The number of anilines is 1. The molecule has 28 heavy (non-hydrogen) atoms. The third-order valence-corrected chi connectivity index (χ3v) is 5.52. The number of hydrogen-bond acceptors (Lipinski definition) is 5. The fourth-order valence-corrected chi connectivity index (χ4v) is 3.96. The van der Waals surface area contributed by atoms with Crippen molar-refractivity contribution >= 4 is 17.5 Å². The maximum absolute atomic E-state index is 13.5. The molecule has 1 spiro atoms. The molecular weight excluding hydrogens is 358 g/mol. The minimum atomic E-state index is -1.01. The van der Waals surface area contributed by atoms with E-state index in [1.165, 1.54) is 0 Å². The van der Waals surface area contributed by atoms with E-state index in [0.717, 1.165) is 24.2 Å². The molecular formula is C21H25N3O4. The molecule has 7 heteroatoms. The van der Waals surface area contributed by atoms with Gasteiger partial charge in [-0.15, -0.1) is 0 Å². The van der Waals surface area contributed by atoms with Gasteiger partial charge in [0.15, 0.2) is 5.60 Å². The zero-order chi connectivity index (χ0) is 19.6. The van der Waals surface area contributed by atoms with Crippen LogP contribution in [0.4, 0.5) is 5.69 Å². The second-order valence-corrected chi connectivity index (χ2v) is 7.35. The Morgan fingerprint density at radius 3 is 2.79 bits per heavy atom. The highest BCUT2D eigenvalue weighted by atomic mass is 16.5. The van der Waals surface area contributed by atoms with Crippen molar-refractivity contribution in [2.45, 2.75) is 38.2 Å². The monoisotopic (exact) mass is 383 g/mol. The molecule has 2 amide bonds. The van der Waals surface area contributed by atoms with Crippen molar-refractivity contribution in [3.63, 3.8) is 0 Å². The molecule has 7 nitrogen and oxygen atoms in total. The van der Waals surface area contributed by atoms with E-state index in [9.17, 15) is 9.59 Å². The average Bonchev–Trinajstić information content (AvgIpc) is 3.17. The van der Waals surface area contributed by atoms with Crippen LogP contribution in [-0.4, -0.2) is 53.7 Å². The summed E-state index contributed by atoms with van der Waals surface area (Å²) in [5.41, 5.74) is 0.601. The first kappa shape index (κ1) is 18.7. The Labute approximate surface area is 164 Å². The van der Waals surface area contributed by atoms with Gasteiger partial charge in [-0.2, -0.15) is 0 Å². The van der Waals surface area contributed by atoms with Crippen molar-refractivity contribution in [2.75, 3.05) is 31.1 Å². The molecule has 1 unspecified atom stereocenters. The van der Waals surface area contributed by atoms with Gasteiger partial charge in [0, 0.05) is 24.8 Å². The number of ether oxygens (including phenoxy) is 1. The second-order valence-electron chi connectivity index (χ2n) is 7.35. The molecule has 148 valence electrons. The van der Waals surface area contributed by atoms with Gasteiger partial charge in [0.05, 0.1) is 18.8 Å². The van der Waals surface area contributed by atoms with Crippen LogP contribution in [0.15, 0.2) is 40.9 Å². The van der Waals surface area contributed by atoms with Crippen LogP contribution in [0.1, 0.15) is 42.4 Å². The van der Waals surface area contributed by atoms with Crippen LogP contribution in [0.25, 0.3) is 0 Å². The van der Waals surface area contributed by atoms with E-state index in [-0.39, 0.29) is 24.1 Å². The molecule has 4 rings (SSSR count). The number of rotatable bonds is 3. The minimum absolute atomic E-state index is 0.0690. The number of benzene rings is 1. The van der Waals surface area contributed by atoms with Crippen LogP contribution >= 0.6 is 0 Å². The Bertz CT molecular complexity index is 850. The number of para-hydroxylation sites is 1. The standard InChI is InChI=1S/C21H25N3O4/c1-2-16-14-18(28-22-16)19(25)23-12-13-27-21(15-23)10-6-7-11-24(20(21)26)17-8-4-3-5-9-17/h3-5,8-9,14H,2,6-7,10-13,15H2,1H3. The van der Waals surface area contributed by atoms with Crippen LogP contribution in [0, 0.1) is 0 Å². The zero-order valence-corrected chi connectivity index (χ0v) is 16.1. The van der Waals surface area contributed by atoms with Crippen molar-refractivity contribution in [3.05, 3.63) is 47.9 Å². The predicted octanol–water partition coefficient (Wildman–Crippen LogP) is 2.67. The number of carbonyl (C=O) groups excluding carboxylic acids is 2. The second kappa shape index (κ2) is 7.75. The van der Waals surface area contributed by atoms with Gasteiger partial charge in [-0.25, -0.2) is 0 Å². The highest BCUT2D eigenvalue weighted by Gasteiger charge is 2.48. The first-order valence-electron chi connectivity index (χ1n) is 9.89. The summed E-state index contributed by atoms with van der Waals surface area (Å²) in [6, 6.07) is 11.3. The minimum Gasteiger partial charge on any atom is -0.361 e. The number of carbonyl (C=O) groups is 2. The fraction of sp³-hybridized carbons (Fsp3) is 0.476. The summed E-state index contributed by atoms with van der Waals surface area (Å²) in [4.78, 5) is 29.9. The van der Waals surface area contributed by atoms with Crippen molar-refractivity contribution in [1.82, 2.24) is 10.1 Å². The first-order chi connectivity index (χ1) is 13.6. The number of amides is 2. The number of hydrogen-bond donors (Lipinski definition) is 0. The molecule has 0 saturated carbocycles. The lowest BCUT2D eigenvalue weighted by atomic mass is 9.93. The van der Waals surface area contributed by atoms with Gasteiger partial charge in [0.2, 0.25) is 5.76 Å². The summed E-state index contributed by atoms with van der Waals surface area (Å²) in [6.07, 6.45) is 3.09. The van der Waals surface area contributed by atoms with Gasteiger partial charge < -0.3 is 19.1 Å². The van der Waals surface area contributed by atoms with Crippen LogP contribution in [0.2, 0.25) is 0 Å². The Kier molecular flexibility index (Phi) is 5.17. The van der Waals surface area contributed by atoms with Gasteiger partial charge in [-0.1, -0.05) is 30.3 Å². The Morgan fingerprint density at radius 1 is 1.21 bits per heavy atom. The molecule has 2 fully saturated rings. The highest BCUT2D eigenvalue weighted by Crippen LogP contribution is 2.32. The van der Waals surface area contributed by atoms with Crippen LogP contribution in [-0.2, 0) is 16.0 Å². The molecule has 0 bridgehead atoms. The normalized spacial score (nSPS) is 23.1. The van der Waals surface area contributed by atoms with Crippen LogP contribution in [0.3, 0.4) is 0 Å². The Morgan fingerprint density at radius 2 is 2.04 bits per heavy atom. The van der Waals surface area contributed by atoms with Gasteiger partial charge in [0.1, 0.15) is 0 Å². The Balaban J connectivity index is 1.58. The number of aromatic nitrogens is 1. The lowest BCUT2D eigenvalue weighted by Gasteiger charge is -2.42. The largest absolute Gasteiger partial charge is 0.361 e. The van der Waals surface area contributed by atoms with Crippen molar-refractivity contribution in [2.24, 2.45) is 0 Å². The Hall–Kier alpha value is -2.67. The molecule has 2 aromatic rings. The van der Waals surface area contributed by atoms with E-state index in [1.807, 2.05) is 37.3 Å². The molecule has 2 aliphatic rings. The SMILES string of the molecule is CCc1cc(C(=O)N2CCOC3(CCCCN(c4ccccc4)C3=O)C2)on1. The predicted molar refractivity (Wildman–Crippen MR) is 103 cm³/mol. The van der Waals surface area contributed by atoms with E-state index in [0.29, 0.717) is 32.5 Å². The molecule has 1 aromatic heterocycles.